The molecule has 1 aliphatic rings. The second-order valence-electron chi connectivity index (χ2n) is 2.04. The van der Waals surface area contributed by atoms with Gasteiger partial charge in [-0.15, -0.1) is 0 Å². The van der Waals surface area contributed by atoms with Gasteiger partial charge in [0.05, 0.1) is 3.58 Å². The van der Waals surface area contributed by atoms with Gasteiger partial charge in [0.15, 0.2) is 5.78 Å². The zero-order valence-corrected chi connectivity index (χ0v) is 7.01. The Kier molecular flexibility index (Phi) is 2.10. The molecule has 0 saturated carbocycles. The summed E-state index contributed by atoms with van der Waals surface area (Å²) in [6, 6.07) is 0. The number of ketones is 1. The number of allylic oxidation sites excluding steroid dienone is 2. The van der Waals surface area contributed by atoms with Crippen LogP contribution in [0, 0.1) is 0 Å². The molecule has 0 aromatic rings. The van der Waals surface area contributed by atoms with Gasteiger partial charge < -0.3 is 5.11 Å². The van der Waals surface area contributed by atoms with Crippen molar-refractivity contribution in [3.05, 3.63) is 9.34 Å². The number of hydrogen-bond acceptors (Lipinski definition) is 2. The monoisotopic (exact) mass is 238 g/mol. The van der Waals surface area contributed by atoms with E-state index in [1.54, 1.807) is 0 Å². The SMILES string of the molecule is O=C1CCCC(O)=C1I. The molecule has 0 atom stereocenters. The fourth-order valence-electron chi connectivity index (χ4n) is 0.797. The van der Waals surface area contributed by atoms with E-state index in [-0.39, 0.29) is 11.5 Å². The number of aliphatic hydroxyl groups excluding tert-OH is 1. The lowest BCUT2D eigenvalue weighted by molar-refractivity contribution is -0.115. The van der Waals surface area contributed by atoms with Gasteiger partial charge in [-0.05, 0) is 29.0 Å². The standard InChI is InChI=1S/C6H7IO2/c7-6-4(8)2-1-3-5(6)9/h8H,1-3H2. The number of rotatable bonds is 0. The molecule has 50 valence electrons. The number of halogens is 1. The first-order chi connectivity index (χ1) is 4.22. The first-order valence-corrected chi connectivity index (χ1v) is 3.90. The van der Waals surface area contributed by atoms with Gasteiger partial charge in [0, 0.05) is 12.8 Å². The first kappa shape index (κ1) is 7.05. The average molecular weight is 238 g/mol. The first-order valence-electron chi connectivity index (χ1n) is 2.82. The van der Waals surface area contributed by atoms with Crippen LogP contribution in [0.15, 0.2) is 9.34 Å². The third kappa shape index (κ3) is 1.44. The summed E-state index contributed by atoms with van der Waals surface area (Å²) in [6.07, 6.45) is 2.07. The van der Waals surface area contributed by atoms with E-state index in [0.717, 1.165) is 6.42 Å². The quantitative estimate of drug-likeness (QED) is 0.655. The lowest BCUT2D eigenvalue weighted by atomic mass is 10.1. The number of hydrogen-bond donors (Lipinski definition) is 1. The predicted octanol–water partition coefficient (Wildman–Crippen LogP) is 1.94. The topological polar surface area (TPSA) is 37.3 Å². The minimum atomic E-state index is 0.0827. The number of carbonyl (C=O) groups is 1. The molecule has 0 unspecified atom stereocenters. The third-order valence-electron chi connectivity index (χ3n) is 1.32. The Labute approximate surface area is 67.1 Å². The van der Waals surface area contributed by atoms with Crippen molar-refractivity contribution in [2.24, 2.45) is 0 Å². The molecule has 0 bridgehead atoms. The molecule has 1 aliphatic carbocycles. The second-order valence-corrected chi connectivity index (χ2v) is 3.12. The van der Waals surface area contributed by atoms with Crippen molar-refractivity contribution in [2.75, 3.05) is 0 Å². The molecule has 0 aromatic heterocycles. The molecule has 0 spiro atoms. The van der Waals surface area contributed by atoms with Crippen molar-refractivity contribution in [2.45, 2.75) is 19.3 Å². The van der Waals surface area contributed by atoms with Crippen molar-refractivity contribution in [3.8, 4) is 0 Å². The maximum atomic E-state index is 10.8. The molecule has 0 saturated heterocycles. The molecule has 0 fully saturated rings. The maximum absolute atomic E-state index is 10.8. The van der Waals surface area contributed by atoms with Gasteiger partial charge in [0.25, 0.3) is 0 Å². The number of carbonyl (C=O) groups excluding carboxylic acids is 1. The molecule has 3 heteroatoms. The predicted molar refractivity (Wildman–Crippen MR) is 42.5 cm³/mol. The van der Waals surface area contributed by atoms with E-state index in [0.29, 0.717) is 16.4 Å². The van der Waals surface area contributed by atoms with Crippen LogP contribution < -0.4 is 0 Å². The largest absolute Gasteiger partial charge is 0.511 e. The smallest absolute Gasteiger partial charge is 0.172 e. The highest BCUT2D eigenvalue weighted by Crippen LogP contribution is 2.24. The Bertz CT molecular complexity index is 172. The molecule has 0 aliphatic heterocycles. The van der Waals surface area contributed by atoms with Gasteiger partial charge in [0.2, 0.25) is 0 Å². The molecule has 0 heterocycles. The van der Waals surface area contributed by atoms with E-state index < -0.39 is 0 Å². The minimum absolute atomic E-state index is 0.0827. The van der Waals surface area contributed by atoms with Crippen molar-refractivity contribution in [3.63, 3.8) is 0 Å². The van der Waals surface area contributed by atoms with Gasteiger partial charge in [-0.25, -0.2) is 0 Å². The van der Waals surface area contributed by atoms with E-state index in [9.17, 15) is 4.79 Å². The normalized spacial score (nSPS) is 20.8. The van der Waals surface area contributed by atoms with Crippen LogP contribution in [0.4, 0.5) is 0 Å². The summed E-state index contributed by atoms with van der Waals surface area (Å²) in [5.74, 6) is 0.353. The van der Waals surface area contributed by atoms with Crippen molar-refractivity contribution in [1.29, 1.82) is 0 Å². The van der Waals surface area contributed by atoms with Crippen molar-refractivity contribution >= 4 is 28.4 Å². The summed E-state index contributed by atoms with van der Waals surface area (Å²) in [6.45, 7) is 0. The van der Waals surface area contributed by atoms with Crippen LogP contribution in [-0.4, -0.2) is 10.9 Å². The Morgan fingerprint density at radius 2 is 2.11 bits per heavy atom. The van der Waals surface area contributed by atoms with Crippen molar-refractivity contribution < 1.29 is 9.90 Å². The summed E-state index contributed by atoms with van der Waals surface area (Å²) in [5, 5.41) is 9.00. The number of Topliss-reactive ketones (excluding diaryl/α,β-unsaturated/α-hetero) is 1. The van der Waals surface area contributed by atoms with E-state index in [4.69, 9.17) is 5.11 Å². The Hall–Kier alpha value is -0.0600. The second kappa shape index (κ2) is 2.68. The molecular formula is C6H7IO2. The van der Waals surface area contributed by atoms with E-state index in [1.807, 2.05) is 22.6 Å². The lowest BCUT2D eigenvalue weighted by Gasteiger charge is -2.08. The van der Waals surface area contributed by atoms with Gasteiger partial charge >= 0.3 is 0 Å². The molecule has 0 radical (unpaired) electrons. The zero-order chi connectivity index (χ0) is 6.85. The summed E-state index contributed by atoms with van der Waals surface area (Å²) in [7, 11) is 0. The molecular weight excluding hydrogens is 231 g/mol. The van der Waals surface area contributed by atoms with Crippen LogP contribution in [0.25, 0.3) is 0 Å². The fourth-order valence-corrected chi connectivity index (χ4v) is 1.34. The fraction of sp³-hybridized carbons (Fsp3) is 0.500. The Morgan fingerprint density at radius 1 is 1.44 bits per heavy atom. The maximum Gasteiger partial charge on any atom is 0.172 e. The van der Waals surface area contributed by atoms with Crippen LogP contribution in [0.5, 0.6) is 0 Å². The van der Waals surface area contributed by atoms with Crippen LogP contribution >= 0.6 is 22.6 Å². The highest BCUT2D eigenvalue weighted by atomic mass is 127. The van der Waals surface area contributed by atoms with Gasteiger partial charge in [-0.2, -0.15) is 0 Å². The molecule has 0 amide bonds. The van der Waals surface area contributed by atoms with Gasteiger partial charge in [0.1, 0.15) is 5.76 Å². The van der Waals surface area contributed by atoms with E-state index in [2.05, 4.69) is 0 Å². The Balaban J connectivity index is 2.84. The average Bonchev–Trinajstić information content (AvgIpc) is 1.83. The number of aliphatic hydroxyl groups is 1. The molecule has 9 heavy (non-hydrogen) atoms. The summed E-state index contributed by atoms with van der Waals surface area (Å²) in [5.41, 5.74) is 0. The van der Waals surface area contributed by atoms with Crippen molar-refractivity contribution in [1.82, 2.24) is 0 Å². The van der Waals surface area contributed by atoms with Gasteiger partial charge in [-0.1, -0.05) is 0 Å². The minimum Gasteiger partial charge on any atom is -0.511 e. The van der Waals surface area contributed by atoms with Crippen LogP contribution in [-0.2, 0) is 4.79 Å². The lowest BCUT2D eigenvalue weighted by Crippen LogP contribution is -2.06. The highest BCUT2D eigenvalue weighted by Gasteiger charge is 2.16. The molecule has 2 nitrogen and oxygen atoms in total. The van der Waals surface area contributed by atoms with E-state index in [1.165, 1.54) is 0 Å². The third-order valence-corrected chi connectivity index (χ3v) is 2.54. The summed E-state index contributed by atoms with van der Waals surface area (Å²) < 4.78 is 0.527. The van der Waals surface area contributed by atoms with Crippen LogP contribution in [0.2, 0.25) is 0 Å². The molecule has 1 rings (SSSR count). The van der Waals surface area contributed by atoms with Gasteiger partial charge in [-0.3, -0.25) is 4.79 Å². The van der Waals surface area contributed by atoms with Crippen LogP contribution in [0.1, 0.15) is 19.3 Å². The summed E-state index contributed by atoms with van der Waals surface area (Å²) >= 11 is 1.89. The Morgan fingerprint density at radius 3 is 2.56 bits per heavy atom. The van der Waals surface area contributed by atoms with E-state index >= 15 is 0 Å². The molecule has 1 N–H and O–H groups in total. The van der Waals surface area contributed by atoms with Crippen LogP contribution in [0.3, 0.4) is 0 Å². The summed E-state index contributed by atoms with van der Waals surface area (Å²) in [4.78, 5) is 10.8. The molecule has 0 aromatic carbocycles. The zero-order valence-electron chi connectivity index (χ0n) is 4.85. The highest BCUT2D eigenvalue weighted by molar-refractivity contribution is 14.1.